The molecule has 1 aromatic rings. The van der Waals surface area contributed by atoms with E-state index < -0.39 is 11.8 Å². The van der Waals surface area contributed by atoms with Crippen LogP contribution >= 0.6 is 0 Å². The molecule has 1 fully saturated rings. The topological polar surface area (TPSA) is 49.3 Å². The van der Waals surface area contributed by atoms with Gasteiger partial charge in [-0.1, -0.05) is 12.1 Å². The van der Waals surface area contributed by atoms with E-state index in [1.54, 1.807) is 24.3 Å². The number of benzene rings is 1. The molecule has 0 heterocycles. The van der Waals surface area contributed by atoms with Crippen LogP contribution in [0.3, 0.4) is 0 Å². The van der Waals surface area contributed by atoms with Gasteiger partial charge in [-0.3, -0.25) is 4.79 Å². The van der Waals surface area contributed by atoms with E-state index in [0.717, 1.165) is 0 Å². The second-order valence-electron chi connectivity index (χ2n) is 4.64. The molecular formula is C13H15F2NO2. The van der Waals surface area contributed by atoms with Crippen LogP contribution in [0.5, 0.6) is 0 Å². The smallest absolute Gasteiger partial charge is 0.248 e. The Labute approximate surface area is 104 Å². The number of nitrogens with one attached hydrogen (secondary N) is 1. The molecule has 2 rings (SSSR count). The van der Waals surface area contributed by atoms with Crippen LogP contribution in [0.2, 0.25) is 0 Å². The zero-order chi connectivity index (χ0) is 13.2. The van der Waals surface area contributed by atoms with Gasteiger partial charge < -0.3 is 10.4 Å². The zero-order valence-electron chi connectivity index (χ0n) is 9.83. The van der Waals surface area contributed by atoms with Crippen molar-refractivity contribution in [1.82, 2.24) is 0 Å². The molecule has 98 valence electrons. The van der Waals surface area contributed by atoms with E-state index in [9.17, 15) is 13.6 Å². The summed E-state index contributed by atoms with van der Waals surface area (Å²) in [6.45, 7) is -0.120. The third kappa shape index (κ3) is 3.04. The number of halogens is 2. The van der Waals surface area contributed by atoms with E-state index in [-0.39, 0.29) is 31.8 Å². The lowest BCUT2D eigenvalue weighted by molar-refractivity contribution is -0.120. The third-order valence-electron chi connectivity index (χ3n) is 3.15. The number of hydrogen-bond acceptors (Lipinski definition) is 2. The summed E-state index contributed by atoms with van der Waals surface area (Å²) in [4.78, 5) is 11.8. The first-order valence-electron chi connectivity index (χ1n) is 5.89. The fraction of sp³-hybridized carbons (Fsp3) is 0.462. The summed E-state index contributed by atoms with van der Waals surface area (Å²) in [5.41, 5.74) is 1.20. The number of amides is 1. The number of alkyl halides is 2. The van der Waals surface area contributed by atoms with Crippen LogP contribution in [0, 0.1) is 5.92 Å². The summed E-state index contributed by atoms with van der Waals surface area (Å²) in [6.07, 6.45) is -0.376. The van der Waals surface area contributed by atoms with Gasteiger partial charge in [-0.05, 0) is 24.1 Å². The van der Waals surface area contributed by atoms with Gasteiger partial charge in [0.2, 0.25) is 11.8 Å². The van der Waals surface area contributed by atoms with E-state index in [1.807, 2.05) is 0 Å². The summed E-state index contributed by atoms with van der Waals surface area (Å²) in [6, 6.07) is 6.72. The van der Waals surface area contributed by atoms with Crippen molar-refractivity contribution in [3.8, 4) is 0 Å². The van der Waals surface area contributed by atoms with Gasteiger partial charge >= 0.3 is 0 Å². The SMILES string of the molecule is O=C(Nc1cccc(CO)c1)C1CCC(F)(F)C1. The van der Waals surface area contributed by atoms with Gasteiger partial charge in [0.05, 0.1) is 6.61 Å². The standard InChI is InChI=1S/C13H15F2NO2/c14-13(15)5-4-10(7-13)12(18)16-11-3-1-2-9(6-11)8-17/h1-3,6,10,17H,4-5,7-8H2,(H,16,18). The van der Waals surface area contributed by atoms with Gasteiger partial charge in [-0.15, -0.1) is 0 Å². The van der Waals surface area contributed by atoms with Gasteiger partial charge in [0.15, 0.2) is 0 Å². The summed E-state index contributed by atoms with van der Waals surface area (Å²) < 4.78 is 26.0. The van der Waals surface area contributed by atoms with Crippen molar-refractivity contribution < 1.29 is 18.7 Å². The molecule has 1 atom stereocenters. The van der Waals surface area contributed by atoms with Gasteiger partial charge in [0.25, 0.3) is 0 Å². The molecule has 1 aliphatic carbocycles. The van der Waals surface area contributed by atoms with Crippen molar-refractivity contribution in [3.63, 3.8) is 0 Å². The molecular weight excluding hydrogens is 240 g/mol. The summed E-state index contributed by atoms with van der Waals surface area (Å²) in [5.74, 6) is -3.71. The molecule has 0 saturated heterocycles. The van der Waals surface area contributed by atoms with E-state index in [4.69, 9.17) is 5.11 Å². The first kappa shape index (κ1) is 13.0. The van der Waals surface area contributed by atoms with Crippen LogP contribution < -0.4 is 5.32 Å². The Hall–Kier alpha value is -1.49. The maximum atomic E-state index is 13.0. The largest absolute Gasteiger partial charge is 0.392 e. The first-order valence-corrected chi connectivity index (χ1v) is 5.89. The van der Waals surface area contributed by atoms with Crippen molar-refractivity contribution in [2.75, 3.05) is 5.32 Å². The van der Waals surface area contributed by atoms with Crippen molar-refractivity contribution in [1.29, 1.82) is 0 Å². The van der Waals surface area contributed by atoms with Crippen LogP contribution in [-0.2, 0) is 11.4 Å². The lowest BCUT2D eigenvalue weighted by Gasteiger charge is -2.12. The van der Waals surface area contributed by atoms with Crippen molar-refractivity contribution in [2.24, 2.45) is 5.92 Å². The number of rotatable bonds is 3. The summed E-state index contributed by atoms with van der Waals surface area (Å²) in [5, 5.41) is 11.6. The molecule has 0 radical (unpaired) electrons. The normalized spacial score (nSPS) is 21.8. The van der Waals surface area contributed by atoms with Crippen molar-refractivity contribution in [3.05, 3.63) is 29.8 Å². The molecule has 1 unspecified atom stereocenters. The third-order valence-corrected chi connectivity index (χ3v) is 3.15. The quantitative estimate of drug-likeness (QED) is 0.872. The number of carbonyl (C=O) groups is 1. The molecule has 0 spiro atoms. The predicted molar refractivity (Wildman–Crippen MR) is 63.3 cm³/mol. The highest BCUT2D eigenvalue weighted by molar-refractivity contribution is 5.92. The Morgan fingerprint density at radius 3 is 2.89 bits per heavy atom. The highest BCUT2D eigenvalue weighted by Crippen LogP contribution is 2.39. The Morgan fingerprint density at radius 2 is 2.28 bits per heavy atom. The van der Waals surface area contributed by atoms with Crippen molar-refractivity contribution >= 4 is 11.6 Å². The van der Waals surface area contributed by atoms with Crippen LogP contribution in [-0.4, -0.2) is 16.9 Å². The number of hydrogen-bond donors (Lipinski definition) is 2. The van der Waals surface area contributed by atoms with Crippen LogP contribution in [0.4, 0.5) is 14.5 Å². The minimum atomic E-state index is -2.71. The Balaban J connectivity index is 1.99. The zero-order valence-corrected chi connectivity index (χ0v) is 9.83. The van der Waals surface area contributed by atoms with Crippen LogP contribution in [0.15, 0.2) is 24.3 Å². The maximum absolute atomic E-state index is 13.0. The average Bonchev–Trinajstić information content (AvgIpc) is 2.70. The predicted octanol–water partition coefficient (Wildman–Crippen LogP) is 2.55. The second-order valence-corrected chi connectivity index (χ2v) is 4.64. The highest BCUT2D eigenvalue weighted by atomic mass is 19.3. The Kier molecular flexibility index (Phi) is 3.61. The van der Waals surface area contributed by atoms with E-state index in [0.29, 0.717) is 11.3 Å². The molecule has 0 aliphatic heterocycles. The average molecular weight is 255 g/mol. The summed E-state index contributed by atoms with van der Waals surface area (Å²) in [7, 11) is 0. The molecule has 1 aromatic carbocycles. The molecule has 0 bridgehead atoms. The van der Waals surface area contributed by atoms with Crippen LogP contribution in [0.1, 0.15) is 24.8 Å². The van der Waals surface area contributed by atoms with Crippen LogP contribution in [0.25, 0.3) is 0 Å². The highest BCUT2D eigenvalue weighted by Gasteiger charge is 2.42. The van der Waals surface area contributed by atoms with Gasteiger partial charge in [-0.2, -0.15) is 0 Å². The summed E-state index contributed by atoms with van der Waals surface area (Å²) >= 11 is 0. The van der Waals surface area contributed by atoms with E-state index >= 15 is 0 Å². The molecule has 1 amide bonds. The first-order chi connectivity index (χ1) is 8.50. The van der Waals surface area contributed by atoms with E-state index in [1.165, 1.54) is 0 Å². The molecule has 2 N–H and O–H groups in total. The number of aliphatic hydroxyl groups excluding tert-OH is 1. The van der Waals surface area contributed by atoms with Gasteiger partial charge in [0.1, 0.15) is 0 Å². The minimum Gasteiger partial charge on any atom is -0.392 e. The van der Waals surface area contributed by atoms with Crippen molar-refractivity contribution in [2.45, 2.75) is 31.8 Å². The molecule has 1 saturated carbocycles. The molecule has 3 nitrogen and oxygen atoms in total. The van der Waals surface area contributed by atoms with E-state index in [2.05, 4.69) is 5.32 Å². The Bertz CT molecular complexity index is 448. The monoisotopic (exact) mass is 255 g/mol. The lowest BCUT2D eigenvalue weighted by atomic mass is 10.1. The number of anilines is 1. The molecule has 18 heavy (non-hydrogen) atoms. The lowest BCUT2D eigenvalue weighted by Crippen LogP contribution is -2.22. The maximum Gasteiger partial charge on any atom is 0.248 e. The molecule has 0 aromatic heterocycles. The number of carbonyl (C=O) groups excluding carboxylic acids is 1. The number of aliphatic hydroxyl groups is 1. The van der Waals surface area contributed by atoms with Gasteiger partial charge in [-0.25, -0.2) is 8.78 Å². The molecule has 1 aliphatic rings. The fourth-order valence-electron chi connectivity index (χ4n) is 2.17. The molecule has 5 heteroatoms. The fourth-order valence-corrected chi connectivity index (χ4v) is 2.17. The minimum absolute atomic E-state index is 0.120. The Morgan fingerprint density at radius 1 is 1.50 bits per heavy atom. The second kappa shape index (κ2) is 5.02. The van der Waals surface area contributed by atoms with Gasteiger partial charge in [0, 0.05) is 24.4 Å².